The van der Waals surface area contributed by atoms with Crippen molar-refractivity contribution < 1.29 is 0 Å². The molecule has 2 aromatic rings. The lowest BCUT2D eigenvalue weighted by Crippen LogP contribution is -2.47. The fourth-order valence-electron chi connectivity index (χ4n) is 6.28. The van der Waals surface area contributed by atoms with Gasteiger partial charge in [-0.15, -0.1) is 0 Å². The number of hydrogen-bond acceptors (Lipinski definition) is 7. The Morgan fingerprint density at radius 2 is 1.58 bits per heavy atom. The highest BCUT2D eigenvalue weighted by Crippen LogP contribution is 2.36. The molecule has 0 aromatic carbocycles. The predicted octanol–water partition coefficient (Wildman–Crippen LogP) is 3.39. The Bertz CT molecular complexity index is 1040. The number of anilines is 3. The van der Waals surface area contributed by atoms with Gasteiger partial charge in [-0.1, -0.05) is 25.3 Å². The molecule has 3 aliphatic heterocycles. The first-order chi connectivity index (χ1) is 16.2. The lowest BCUT2D eigenvalue weighted by molar-refractivity contribution is 0.279. The molecule has 0 amide bonds. The fraction of sp³-hybridized carbons (Fsp3) is 0.680. The highest BCUT2D eigenvalue weighted by atomic mass is 16.1. The minimum Gasteiger partial charge on any atom is -0.351 e. The lowest BCUT2D eigenvalue weighted by atomic mass is 9.83. The Morgan fingerprint density at radius 3 is 2.39 bits per heavy atom. The Hall–Kier alpha value is -2.64. The summed E-state index contributed by atoms with van der Waals surface area (Å²) in [4.78, 5) is 31.9. The second-order valence-corrected chi connectivity index (χ2v) is 10.4. The van der Waals surface area contributed by atoms with Crippen molar-refractivity contribution in [3.63, 3.8) is 0 Å². The van der Waals surface area contributed by atoms with Crippen molar-refractivity contribution in [2.24, 2.45) is 5.92 Å². The van der Waals surface area contributed by atoms with Gasteiger partial charge in [0.1, 0.15) is 0 Å². The van der Waals surface area contributed by atoms with Crippen LogP contribution in [0.2, 0.25) is 0 Å². The van der Waals surface area contributed by atoms with E-state index < -0.39 is 0 Å². The van der Waals surface area contributed by atoms with Crippen molar-refractivity contribution in [2.45, 2.75) is 76.3 Å². The van der Waals surface area contributed by atoms with E-state index in [0.717, 1.165) is 62.7 Å². The molecule has 6 rings (SSSR count). The first-order valence-corrected chi connectivity index (χ1v) is 13.0. The zero-order valence-corrected chi connectivity index (χ0v) is 19.5. The second-order valence-electron chi connectivity index (χ2n) is 10.4. The van der Waals surface area contributed by atoms with E-state index in [0.29, 0.717) is 17.9 Å². The van der Waals surface area contributed by atoms with Crippen LogP contribution >= 0.6 is 0 Å². The molecule has 2 saturated heterocycles. The monoisotopic (exact) mass is 449 g/mol. The third-order valence-electron chi connectivity index (χ3n) is 7.95. The highest BCUT2D eigenvalue weighted by molar-refractivity contribution is 5.47. The lowest BCUT2D eigenvalue weighted by Gasteiger charge is -2.43. The zero-order valence-electron chi connectivity index (χ0n) is 19.5. The van der Waals surface area contributed by atoms with Crippen LogP contribution in [0.3, 0.4) is 0 Å². The van der Waals surface area contributed by atoms with Gasteiger partial charge in [0.2, 0.25) is 17.8 Å². The van der Waals surface area contributed by atoms with Crippen molar-refractivity contribution in [1.29, 1.82) is 0 Å². The van der Waals surface area contributed by atoms with Crippen LogP contribution < -0.4 is 20.7 Å². The number of fused-ring (bicyclic) bond motifs is 4. The summed E-state index contributed by atoms with van der Waals surface area (Å²) in [7, 11) is 0. The van der Waals surface area contributed by atoms with E-state index in [1.54, 1.807) is 6.07 Å². The minimum absolute atomic E-state index is 0.127. The molecular formula is C25H35N7O. The Labute approximate surface area is 195 Å². The topological polar surface area (TPSA) is 79.2 Å². The van der Waals surface area contributed by atoms with Crippen molar-refractivity contribution in [3.05, 3.63) is 34.2 Å². The van der Waals surface area contributed by atoms with Gasteiger partial charge in [-0.05, 0) is 50.5 Å². The van der Waals surface area contributed by atoms with Gasteiger partial charge >= 0.3 is 0 Å². The SMILES string of the molecule is O=c1cccc2n1C[C@H]1C[C@@H]2CN(c2nc(NC3CCCCC3)nc(N3CCCCC3)n2)C1. The molecule has 5 heterocycles. The largest absolute Gasteiger partial charge is 0.351 e. The van der Waals surface area contributed by atoms with Crippen molar-refractivity contribution >= 4 is 17.8 Å². The number of pyridine rings is 1. The molecule has 2 atom stereocenters. The summed E-state index contributed by atoms with van der Waals surface area (Å²) in [5, 5.41) is 3.65. The van der Waals surface area contributed by atoms with Crippen molar-refractivity contribution in [1.82, 2.24) is 19.5 Å². The van der Waals surface area contributed by atoms with Crippen LogP contribution in [0.4, 0.5) is 17.8 Å². The average Bonchev–Trinajstić information content (AvgIpc) is 2.86. The molecule has 3 fully saturated rings. The van der Waals surface area contributed by atoms with Crippen LogP contribution in [0, 0.1) is 5.92 Å². The third-order valence-corrected chi connectivity index (χ3v) is 7.95. The summed E-state index contributed by atoms with van der Waals surface area (Å²) in [6.45, 7) is 4.58. The van der Waals surface area contributed by atoms with E-state index in [1.807, 2.05) is 10.6 Å². The Morgan fingerprint density at radius 1 is 0.818 bits per heavy atom. The van der Waals surface area contributed by atoms with E-state index in [-0.39, 0.29) is 5.56 Å². The van der Waals surface area contributed by atoms with Crippen LogP contribution in [-0.2, 0) is 6.54 Å². The van der Waals surface area contributed by atoms with Crippen molar-refractivity contribution in [2.75, 3.05) is 41.3 Å². The molecule has 176 valence electrons. The summed E-state index contributed by atoms with van der Waals surface area (Å²) in [6.07, 6.45) is 11.1. The molecule has 0 spiro atoms. The van der Waals surface area contributed by atoms with Crippen LogP contribution in [-0.4, -0.2) is 51.7 Å². The van der Waals surface area contributed by atoms with E-state index in [9.17, 15) is 4.79 Å². The summed E-state index contributed by atoms with van der Waals surface area (Å²) in [6, 6.07) is 6.16. The van der Waals surface area contributed by atoms with Gasteiger partial charge in [0, 0.05) is 56.4 Å². The Kier molecular flexibility index (Phi) is 5.68. The van der Waals surface area contributed by atoms with Gasteiger partial charge in [-0.3, -0.25) is 4.79 Å². The second kappa shape index (κ2) is 8.95. The Balaban J connectivity index is 1.30. The summed E-state index contributed by atoms with van der Waals surface area (Å²) >= 11 is 0. The first kappa shape index (κ1) is 20.9. The van der Waals surface area contributed by atoms with Gasteiger partial charge in [0.15, 0.2) is 0 Å². The molecule has 0 radical (unpaired) electrons. The maximum atomic E-state index is 12.4. The van der Waals surface area contributed by atoms with Crippen LogP contribution in [0.25, 0.3) is 0 Å². The molecule has 2 bridgehead atoms. The molecule has 8 nitrogen and oxygen atoms in total. The number of piperidine rings is 2. The van der Waals surface area contributed by atoms with E-state index in [2.05, 4.69) is 21.2 Å². The molecule has 4 aliphatic rings. The fourth-order valence-corrected chi connectivity index (χ4v) is 6.28. The van der Waals surface area contributed by atoms with Crippen LogP contribution in [0.15, 0.2) is 23.0 Å². The number of aromatic nitrogens is 4. The summed E-state index contributed by atoms with van der Waals surface area (Å²) in [5.41, 5.74) is 1.29. The standard InChI is InChI=1S/C25H35N7O/c33-22-11-7-10-21-19-14-18(16-32(21)22)15-31(17-19)25-28-23(26-20-8-3-1-4-9-20)27-24(29-25)30-12-5-2-6-13-30/h7,10-11,18-20H,1-6,8-9,12-17H2,(H,26,27,28,29)/t18-,19+/m0/s1. The smallest absolute Gasteiger partial charge is 0.250 e. The van der Waals surface area contributed by atoms with E-state index in [1.165, 1.54) is 51.4 Å². The molecular weight excluding hydrogens is 414 g/mol. The molecule has 1 aliphatic carbocycles. The van der Waals surface area contributed by atoms with Gasteiger partial charge < -0.3 is 19.7 Å². The van der Waals surface area contributed by atoms with Crippen LogP contribution in [0.5, 0.6) is 0 Å². The molecule has 8 heteroatoms. The van der Waals surface area contributed by atoms with Gasteiger partial charge in [0.25, 0.3) is 5.56 Å². The predicted molar refractivity (Wildman–Crippen MR) is 130 cm³/mol. The number of nitrogens with zero attached hydrogens (tertiary/aromatic N) is 6. The molecule has 2 aromatic heterocycles. The summed E-state index contributed by atoms with van der Waals surface area (Å²) in [5.74, 6) is 3.15. The minimum atomic E-state index is 0.127. The summed E-state index contributed by atoms with van der Waals surface area (Å²) < 4.78 is 1.98. The first-order valence-electron chi connectivity index (χ1n) is 13.0. The maximum Gasteiger partial charge on any atom is 0.250 e. The number of nitrogens with one attached hydrogen (secondary N) is 1. The molecule has 33 heavy (non-hydrogen) atoms. The molecule has 1 saturated carbocycles. The van der Waals surface area contributed by atoms with E-state index in [4.69, 9.17) is 15.0 Å². The van der Waals surface area contributed by atoms with Crippen molar-refractivity contribution in [3.8, 4) is 0 Å². The van der Waals surface area contributed by atoms with Gasteiger partial charge in [-0.2, -0.15) is 15.0 Å². The zero-order chi connectivity index (χ0) is 22.2. The molecule has 0 unspecified atom stereocenters. The highest BCUT2D eigenvalue weighted by Gasteiger charge is 2.36. The third kappa shape index (κ3) is 4.32. The number of hydrogen-bond donors (Lipinski definition) is 1. The van der Waals surface area contributed by atoms with Crippen LogP contribution in [0.1, 0.15) is 69.4 Å². The number of rotatable bonds is 4. The van der Waals surface area contributed by atoms with E-state index >= 15 is 0 Å². The normalized spacial score (nSPS) is 25.6. The molecule has 1 N–H and O–H groups in total. The maximum absolute atomic E-state index is 12.4. The van der Waals surface area contributed by atoms with Gasteiger partial charge in [0.05, 0.1) is 0 Å². The average molecular weight is 450 g/mol. The van der Waals surface area contributed by atoms with Gasteiger partial charge in [-0.25, -0.2) is 0 Å². The quantitative estimate of drug-likeness (QED) is 0.766.